The van der Waals surface area contributed by atoms with E-state index in [-0.39, 0.29) is 5.41 Å². The fourth-order valence-corrected chi connectivity index (χ4v) is 2.84. The third-order valence-electron chi connectivity index (χ3n) is 4.17. The Morgan fingerprint density at radius 3 is 2.59 bits per heavy atom. The second kappa shape index (κ2) is 5.91. The topological polar surface area (TPSA) is 30.7 Å². The first kappa shape index (κ1) is 14.8. The van der Waals surface area contributed by atoms with E-state index in [0.717, 1.165) is 13.0 Å². The molecule has 0 fully saturated rings. The summed E-state index contributed by atoms with van der Waals surface area (Å²) in [6, 6.07) is 9.00. The maximum atomic E-state index is 4.20. The van der Waals surface area contributed by atoms with Crippen molar-refractivity contribution in [3.05, 3.63) is 66.3 Å². The van der Waals surface area contributed by atoms with Crippen molar-refractivity contribution >= 4 is 5.57 Å². The quantitative estimate of drug-likeness (QED) is 0.847. The number of aromatic nitrogens is 3. The number of allylic oxidation sites excluding steroid dienone is 4. The Morgan fingerprint density at radius 2 is 1.95 bits per heavy atom. The highest BCUT2D eigenvalue weighted by molar-refractivity contribution is 5.68. The van der Waals surface area contributed by atoms with Crippen LogP contribution in [0.25, 0.3) is 5.57 Å². The van der Waals surface area contributed by atoms with Crippen LogP contribution in [-0.2, 0) is 12.0 Å². The Hall–Kier alpha value is -2.16. The van der Waals surface area contributed by atoms with E-state index in [9.17, 15) is 0 Å². The Labute approximate surface area is 132 Å². The summed E-state index contributed by atoms with van der Waals surface area (Å²) in [5.41, 5.74) is 4.30. The zero-order valence-electron chi connectivity index (χ0n) is 13.5. The van der Waals surface area contributed by atoms with Gasteiger partial charge in [0.25, 0.3) is 0 Å². The van der Waals surface area contributed by atoms with Crippen LogP contribution in [0.2, 0.25) is 0 Å². The average molecular weight is 293 g/mol. The van der Waals surface area contributed by atoms with E-state index in [1.807, 2.05) is 4.68 Å². The van der Waals surface area contributed by atoms with Gasteiger partial charge < -0.3 is 0 Å². The van der Waals surface area contributed by atoms with Crippen LogP contribution < -0.4 is 0 Å². The molecule has 0 radical (unpaired) electrons. The van der Waals surface area contributed by atoms with Gasteiger partial charge in [0.15, 0.2) is 0 Å². The minimum Gasteiger partial charge on any atom is -0.252 e. The zero-order chi connectivity index (χ0) is 15.6. The molecule has 114 valence electrons. The summed E-state index contributed by atoms with van der Waals surface area (Å²) < 4.78 is 1.90. The second-order valence-corrected chi connectivity index (χ2v) is 6.99. The van der Waals surface area contributed by atoms with Gasteiger partial charge in [0.2, 0.25) is 0 Å². The monoisotopic (exact) mass is 293 g/mol. The van der Waals surface area contributed by atoms with Gasteiger partial charge in [-0.15, -0.1) is 0 Å². The smallest absolute Gasteiger partial charge is 0.137 e. The molecule has 0 spiro atoms. The number of benzene rings is 1. The lowest BCUT2D eigenvalue weighted by atomic mass is 9.84. The van der Waals surface area contributed by atoms with Crippen molar-refractivity contribution < 1.29 is 0 Å². The van der Waals surface area contributed by atoms with Crippen LogP contribution in [0.15, 0.2) is 55.1 Å². The summed E-state index contributed by atoms with van der Waals surface area (Å²) in [4.78, 5) is 4.01. The molecular weight excluding hydrogens is 270 g/mol. The summed E-state index contributed by atoms with van der Waals surface area (Å²) in [7, 11) is 0. The van der Waals surface area contributed by atoms with Crippen LogP contribution in [0.4, 0.5) is 0 Å². The van der Waals surface area contributed by atoms with E-state index in [4.69, 9.17) is 0 Å². The molecule has 0 aliphatic heterocycles. The second-order valence-electron chi connectivity index (χ2n) is 6.99. The number of hydrogen-bond acceptors (Lipinski definition) is 2. The van der Waals surface area contributed by atoms with E-state index < -0.39 is 0 Å². The standard InChI is InChI=1S/C19H23N3/c1-19(2,3)18-9-7-16(8-10-18)17-6-4-5-15(11-17)12-22-14-20-13-21-22/h4-10,13-15H,11-12H2,1-3H3/t15-/m0/s1. The summed E-state index contributed by atoms with van der Waals surface area (Å²) in [6.07, 6.45) is 11.1. The van der Waals surface area contributed by atoms with Gasteiger partial charge in [-0.25, -0.2) is 4.98 Å². The molecular formula is C19H23N3. The van der Waals surface area contributed by atoms with Crippen molar-refractivity contribution in [3.8, 4) is 0 Å². The number of rotatable bonds is 3. The predicted octanol–water partition coefficient (Wildman–Crippen LogP) is 4.24. The lowest BCUT2D eigenvalue weighted by Gasteiger charge is -2.21. The van der Waals surface area contributed by atoms with Crippen LogP contribution in [0, 0.1) is 5.92 Å². The fourth-order valence-electron chi connectivity index (χ4n) is 2.84. The SMILES string of the molecule is CC(C)(C)c1ccc(C2=CC=C[C@H](Cn3cncn3)C2)cc1. The fraction of sp³-hybridized carbons (Fsp3) is 0.368. The van der Waals surface area contributed by atoms with Crippen molar-refractivity contribution in [1.29, 1.82) is 0 Å². The molecule has 0 bridgehead atoms. The molecule has 1 aromatic carbocycles. The Bertz CT molecular complexity index is 670. The highest BCUT2D eigenvalue weighted by Gasteiger charge is 2.16. The van der Waals surface area contributed by atoms with E-state index in [1.54, 1.807) is 12.7 Å². The van der Waals surface area contributed by atoms with Crippen molar-refractivity contribution in [3.63, 3.8) is 0 Å². The molecule has 0 N–H and O–H groups in total. The van der Waals surface area contributed by atoms with Crippen LogP contribution in [-0.4, -0.2) is 14.8 Å². The van der Waals surface area contributed by atoms with Gasteiger partial charge in [-0.05, 0) is 28.5 Å². The predicted molar refractivity (Wildman–Crippen MR) is 90.4 cm³/mol. The number of hydrogen-bond donors (Lipinski definition) is 0. The molecule has 3 heteroatoms. The summed E-state index contributed by atoms with van der Waals surface area (Å²) in [6.45, 7) is 7.63. The first-order chi connectivity index (χ1) is 10.5. The molecule has 0 amide bonds. The van der Waals surface area contributed by atoms with Crippen LogP contribution in [0.1, 0.15) is 38.3 Å². The van der Waals surface area contributed by atoms with Gasteiger partial charge >= 0.3 is 0 Å². The average Bonchev–Trinajstić information content (AvgIpc) is 3.00. The van der Waals surface area contributed by atoms with Gasteiger partial charge in [0.1, 0.15) is 12.7 Å². The molecule has 0 saturated heterocycles. The number of nitrogens with zero attached hydrogens (tertiary/aromatic N) is 3. The summed E-state index contributed by atoms with van der Waals surface area (Å²) >= 11 is 0. The van der Waals surface area contributed by atoms with Crippen LogP contribution in [0.5, 0.6) is 0 Å². The Balaban J connectivity index is 1.72. The van der Waals surface area contributed by atoms with E-state index >= 15 is 0 Å². The van der Waals surface area contributed by atoms with Crippen LogP contribution >= 0.6 is 0 Å². The third kappa shape index (κ3) is 3.35. The zero-order valence-corrected chi connectivity index (χ0v) is 13.5. The molecule has 0 saturated carbocycles. The largest absolute Gasteiger partial charge is 0.252 e. The molecule has 2 aromatic rings. The lowest BCUT2D eigenvalue weighted by molar-refractivity contribution is 0.494. The van der Waals surface area contributed by atoms with Gasteiger partial charge in [0, 0.05) is 12.5 Å². The first-order valence-corrected chi connectivity index (χ1v) is 7.83. The van der Waals surface area contributed by atoms with E-state index in [0.29, 0.717) is 5.92 Å². The first-order valence-electron chi connectivity index (χ1n) is 7.83. The Morgan fingerprint density at radius 1 is 1.18 bits per heavy atom. The molecule has 1 aliphatic carbocycles. The maximum absolute atomic E-state index is 4.20. The van der Waals surface area contributed by atoms with E-state index in [1.165, 1.54) is 16.7 Å². The minimum absolute atomic E-state index is 0.203. The molecule has 1 heterocycles. The molecule has 1 atom stereocenters. The molecule has 3 rings (SSSR count). The molecule has 1 aromatic heterocycles. The molecule has 1 aliphatic rings. The van der Waals surface area contributed by atoms with Gasteiger partial charge in [-0.2, -0.15) is 5.10 Å². The highest BCUT2D eigenvalue weighted by Crippen LogP contribution is 2.30. The molecule has 3 nitrogen and oxygen atoms in total. The van der Waals surface area contributed by atoms with Gasteiger partial charge in [0.05, 0.1) is 0 Å². The van der Waals surface area contributed by atoms with Crippen molar-refractivity contribution in [2.75, 3.05) is 0 Å². The van der Waals surface area contributed by atoms with Crippen molar-refractivity contribution in [1.82, 2.24) is 14.8 Å². The van der Waals surface area contributed by atoms with Crippen LogP contribution in [0.3, 0.4) is 0 Å². The summed E-state index contributed by atoms with van der Waals surface area (Å²) in [5.74, 6) is 0.476. The minimum atomic E-state index is 0.203. The van der Waals surface area contributed by atoms with Gasteiger partial charge in [-0.3, -0.25) is 4.68 Å². The van der Waals surface area contributed by atoms with Crippen molar-refractivity contribution in [2.24, 2.45) is 5.92 Å². The Kier molecular flexibility index (Phi) is 3.97. The third-order valence-corrected chi connectivity index (χ3v) is 4.17. The van der Waals surface area contributed by atoms with E-state index in [2.05, 4.69) is 73.3 Å². The normalized spacial score (nSPS) is 18.3. The molecule has 22 heavy (non-hydrogen) atoms. The highest BCUT2D eigenvalue weighted by atomic mass is 15.3. The van der Waals surface area contributed by atoms with Gasteiger partial charge in [-0.1, -0.05) is 63.3 Å². The summed E-state index contributed by atoms with van der Waals surface area (Å²) in [5, 5.41) is 4.20. The lowest BCUT2D eigenvalue weighted by Crippen LogP contribution is -2.12. The maximum Gasteiger partial charge on any atom is 0.137 e. The van der Waals surface area contributed by atoms with Crippen molar-refractivity contribution in [2.45, 2.75) is 39.2 Å². The molecule has 0 unspecified atom stereocenters.